The Balaban J connectivity index is 4.28. The molecule has 1 atom stereocenters. The predicted molar refractivity (Wildman–Crippen MR) is 56.1 cm³/mol. The molecule has 88 valence electrons. The molecule has 0 bridgehead atoms. The van der Waals surface area contributed by atoms with Crippen molar-refractivity contribution in [1.29, 1.82) is 0 Å². The molecule has 1 amide bonds. The highest BCUT2D eigenvalue weighted by atomic mass is 16.3. The molecule has 0 fully saturated rings. The van der Waals surface area contributed by atoms with Gasteiger partial charge in [-0.2, -0.15) is 0 Å². The molecule has 0 saturated carbocycles. The van der Waals surface area contributed by atoms with Crippen LogP contribution in [0.3, 0.4) is 0 Å². The zero-order valence-electron chi connectivity index (χ0n) is 8.94. The molecular formula is C10H19NO4. The first-order chi connectivity index (χ1) is 7.03. The van der Waals surface area contributed by atoms with Gasteiger partial charge in [-0.3, -0.25) is 4.79 Å². The molecule has 5 heteroatoms. The topological polar surface area (TPSA) is 89.8 Å². The fourth-order valence-corrected chi connectivity index (χ4v) is 1.35. The summed E-state index contributed by atoms with van der Waals surface area (Å²) in [7, 11) is 0. The molecule has 0 aromatic carbocycles. The van der Waals surface area contributed by atoms with Gasteiger partial charge in [-0.05, 0) is 19.4 Å². The molecule has 4 N–H and O–H groups in total. The maximum absolute atomic E-state index is 11.0. The molecule has 0 aliphatic heterocycles. The van der Waals surface area contributed by atoms with E-state index in [0.29, 0.717) is 6.42 Å². The maximum atomic E-state index is 11.0. The third-order valence-corrected chi connectivity index (χ3v) is 2.32. The number of hydrogen-bond acceptors (Lipinski definition) is 4. The summed E-state index contributed by atoms with van der Waals surface area (Å²) in [4.78, 5) is 11.0. The molecular weight excluding hydrogens is 198 g/mol. The summed E-state index contributed by atoms with van der Waals surface area (Å²) in [6.07, 6.45) is 1.45. The molecule has 0 aromatic heterocycles. The Morgan fingerprint density at radius 1 is 1.40 bits per heavy atom. The molecule has 0 aliphatic rings. The van der Waals surface area contributed by atoms with Crippen LogP contribution in [-0.4, -0.2) is 47.1 Å². The lowest BCUT2D eigenvalue weighted by Crippen LogP contribution is -2.42. The van der Waals surface area contributed by atoms with Crippen LogP contribution in [0.1, 0.15) is 13.3 Å². The zero-order chi connectivity index (χ0) is 11.9. The minimum Gasteiger partial charge on any atom is -0.396 e. The molecule has 0 heterocycles. The van der Waals surface area contributed by atoms with Gasteiger partial charge in [-0.25, -0.2) is 0 Å². The Labute approximate surface area is 89.4 Å². The highest BCUT2D eigenvalue weighted by molar-refractivity contribution is 5.87. The number of carbonyl (C=O) groups is 1. The SMILES string of the molecule is C=CC(=O)NC(C)CC(CO)(CO)CO. The molecule has 0 rings (SSSR count). The van der Waals surface area contributed by atoms with Gasteiger partial charge < -0.3 is 20.6 Å². The minimum atomic E-state index is -0.951. The lowest BCUT2D eigenvalue weighted by Gasteiger charge is -2.30. The summed E-state index contributed by atoms with van der Waals surface area (Å²) in [5.74, 6) is -0.315. The summed E-state index contributed by atoms with van der Waals surface area (Å²) < 4.78 is 0. The van der Waals surface area contributed by atoms with E-state index < -0.39 is 5.41 Å². The van der Waals surface area contributed by atoms with Gasteiger partial charge in [0.15, 0.2) is 0 Å². The van der Waals surface area contributed by atoms with Crippen LogP contribution < -0.4 is 5.32 Å². The molecule has 0 aromatic rings. The van der Waals surface area contributed by atoms with Crippen LogP contribution in [0, 0.1) is 5.41 Å². The average Bonchev–Trinajstić information content (AvgIpc) is 2.26. The number of aliphatic hydroxyl groups excluding tert-OH is 3. The van der Waals surface area contributed by atoms with E-state index in [1.165, 1.54) is 0 Å². The highest BCUT2D eigenvalue weighted by Gasteiger charge is 2.30. The van der Waals surface area contributed by atoms with Gasteiger partial charge in [0.25, 0.3) is 0 Å². The van der Waals surface area contributed by atoms with Crippen LogP contribution in [0.4, 0.5) is 0 Å². The second kappa shape index (κ2) is 6.55. The molecule has 1 unspecified atom stereocenters. The van der Waals surface area contributed by atoms with E-state index in [-0.39, 0.29) is 31.8 Å². The Morgan fingerprint density at radius 2 is 1.87 bits per heavy atom. The number of carbonyl (C=O) groups excluding carboxylic acids is 1. The van der Waals surface area contributed by atoms with Gasteiger partial charge in [-0.1, -0.05) is 6.58 Å². The summed E-state index contributed by atoms with van der Waals surface area (Å²) in [6.45, 7) is 4.07. The van der Waals surface area contributed by atoms with Crippen molar-refractivity contribution in [3.63, 3.8) is 0 Å². The minimum absolute atomic E-state index is 0.248. The first-order valence-electron chi connectivity index (χ1n) is 4.79. The molecule has 0 aliphatic carbocycles. The van der Waals surface area contributed by atoms with Gasteiger partial charge >= 0.3 is 0 Å². The molecule has 5 nitrogen and oxygen atoms in total. The van der Waals surface area contributed by atoms with E-state index in [9.17, 15) is 4.79 Å². The highest BCUT2D eigenvalue weighted by Crippen LogP contribution is 2.21. The van der Waals surface area contributed by atoms with Crippen LogP contribution in [-0.2, 0) is 4.79 Å². The van der Waals surface area contributed by atoms with Gasteiger partial charge in [0.2, 0.25) is 5.91 Å². The second-order valence-corrected chi connectivity index (χ2v) is 3.79. The summed E-state index contributed by atoms with van der Waals surface area (Å²) in [5.41, 5.74) is -0.951. The number of rotatable bonds is 7. The van der Waals surface area contributed by atoms with Crippen molar-refractivity contribution < 1.29 is 20.1 Å². The predicted octanol–water partition coefficient (Wildman–Crippen LogP) is -0.970. The van der Waals surface area contributed by atoms with E-state index in [1.807, 2.05) is 0 Å². The van der Waals surface area contributed by atoms with Gasteiger partial charge in [-0.15, -0.1) is 0 Å². The fourth-order valence-electron chi connectivity index (χ4n) is 1.35. The maximum Gasteiger partial charge on any atom is 0.243 e. The van der Waals surface area contributed by atoms with Crippen LogP contribution in [0.15, 0.2) is 12.7 Å². The zero-order valence-corrected chi connectivity index (χ0v) is 8.94. The fraction of sp³-hybridized carbons (Fsp3) is 0.700. The van der Waals surface area contributed by atoms with Crippen molar-refractivity contribution in [3.05, 3.63) is 12.7 Å². The van der Waals surface area contributed by atoms with E-state index in [2.05, 4.69) is 11.9 Å². The Bertz CT molecular complexity index is 205. The van der Waals surface area contributed by atoms with Crippen molar-refractivity contribution in [2.45, 2.75) is 19.4 Å². The number of hydrogen-bond donors (Lipinski definition) is 4. The van der Waals surface area contributed by atoms with Crippen molar-refractivity contribution in [2.75, 3.05) is 19.8 Å². The van der Waals surface area contributed by atoms with E-state index in [1.54, 1.807) is 6.92 Å². The molecule has 0 saturated heterocycles. The van der Waals surface area contributed by atoms with Gasteiger partial charge in [0.05, 0.1) is 19.8 Å². The summed E-state index contributed by atoms with van der Waals surface area (Å²) in [6, 6.07) is -0.248. The second-order valence-electron chi connectivity index (χ2n) is 3.79. The van der Waals surface area contributed by atoms with E-state index in [0.717, 1.165) is 6.08 Å². The lowest BCUT2D eigenvalue weighted by atomic mass is 9.84. The molecule has 15 heavy (non-hydrogen) atoms. The first-order valence-corrected chi connectivity index (χ1v) is 4.79. The Kier molecular flexibility index (Phi) is 6.15. The van der Waals surface area contributed by atoms with Crippen LogP contribution >= 0.6 is 0 Å². The van der Waals surface area contributed by atoms with Crippen LogP contribution in [0.5, 0.6) is 0 Å². The monoisotopic (exact) mass is 217 g/mol. The van der Waals surface area contributed by atoms with Gasteiger partial charge in [0, 0.05) is 11.5 Å². The van der Waals surface area contributed by atoms with Gasteiger partial charge in [0.1, 0.15) is 0 Å². The van der Waals surface area contributed by atoms with E-state index in [4.69, 9.17) is 15.3 Å². The average molecular weight is 217 g/mol. The third-order valence-electron chi connectivity index (χ3n) is 2.32. The summed E-state index contributed by atoms with van der Waals surface area (Å²) in [5, 5.41) is 29.8. The van der Waals surface area contributed by atoms with Crippen molar-refractivity contribution in [1.82, 2.24) is 5.32 Å². The first kappa shape index (κ1) is 14.1. The normalized spacial score (nSPS) is 13.3. The Hall–Kier alpha value is -0.910. The number of nitrogens with one attached hydrogen (secondary N) is 1. The summed E-state index contributed by atoms with van der Waals surface area (Å²) >= 11 is 0. The quantitative estimate of drug-likeness (QED) is 0.413. The van der Waals surface area contributed by atoms with Crippen molar-refractivity contribution in [2.24, 2.45) is 5.41 Å². The standard InChI is InChI=1S/C10H19NO4/c1-3-9(15)11-8(2)4-10(5-12,6-13)7-14/h3,8,12-14H,1,4-7H2,2H3,(H,11,15). The lowest BCUT2D eigenvalue weighted by molar-refractivity contribution is -0.117. The number of aliphatic hydroxyl groups is 3. The van der Waals surface area contributed by atoms with Crippen LogP contribution in [0.25, 0.3) is 0 Å². The number of amides is 1. The third kappa shape index (κ3) is 4.42. The Morgan fingerprint density at radius 3 is 2.20 bits per heavy atom. The van der Waals surface area contributed by atoms with Crippen molar-refractivity contribution in [3.8, 4) is 0 Å². The van der Waals surface area contributed by atoms with Crippen LogP contribution in [0.2, 0.25) is 0 Å². The molecule has 0 spiro atoms. The smallest absolute Gasteiger partial charge is 0.243 e. The largest absolute Gasteiger partial charge is 0.396 e. The van der Waals surface area contributed by atoms with Crippen molar-refractivity contribution >= 4 is 5.91 Å². The van der Waals surface area contributed by atoms with E-state index >= 15 is 0 Å². The molecule has 0 radical (unpaired) electrons.